The van der Waals surface area contributed by atoms with Gasteiger partial charge in [0.05, 0.1) is 5.71 Å². The van der Waals surface area contributed by atoms with Gasteiger partial charge in [0, 0.05) is 10.9 Å². The number of amides is 1. The number of hydrogen-bond donors (Lipinski definition) is 1. The second kappa shape index (κ2) is 5.45. The van der Waals surface area contributed by atoms with Crippen molar-refractivity contribution in [3.63, 3.8) is 0 Å². The number of halogens is 1. The maximum absolute atomic E-state index is 12.3. The second-order valence-corrected chi connectivity index (χ2v) is 6.95. The Labute approximate surface area is 130 Å². The van der Waals surface area contributed by atoms with Crippen LogP contribution in [0, 0.1) is 17.3 Å². The van der Waals surface area contributed by atoms with Gasteiger partial charge >= 0.3 is 0 Å². The Hall–Kier alpha value is -1.35. The van der Waals surface area contributed by atoms with Crippen LogP contribution in [-0.4, -0.2) is 11.6 Å². The molecule has 3 rings (SSSR count). The van der Waals surface area contributed by atoms with Crippen LogP contribution >= 0.6 is 11.6 Å². The number of benzene rings is 1. The van der Waals surface area contributed by atoms with Crippen LogP contribution in [-0.2, 0) is 4.79 Å². The van der Waals surface area contributed by atoms with Gasteiger partial charge in [0.25, 0.3) is 0 Å². The Kier molecular flexibility index (Phi) is 3.78. The molecule has 0 saturated heterocycles. The number of nitrogens with zero attached hydrogens (tertiary/aromatic N) is 1. The molecule has 21 heavy (non-hydrogen) atoms. The SMILES string of the molecule is C/C(=N/NC(=O)[C@@H]1[C@H]2CCCC[C@@]21C)c1ccc(Cl)cc1. The van der Waals surface area contributed by atoms with E-state index in [9.17, 15) is 4.79 Å². The third-order valence-electron chi connectivity index (χ3n) is 5.21. The first-order valence-electron chi connectivity index (χ1n) is 7.62. The summed E-state index contributed by atoms with van der Waals surface area (Å²) in [6.45, 7) is 4.14. The van der Waals surface area contributed by atoms with Gasteiger partial charge in [-0.3, -0.25) is 4.79 Å². The van der Waals surface area contributed by atoms with Gasteiger partial charge in [0.2, 0.25) is 5.91 Å². The molecule has 0 bridgehead atoms. The van der Waals surface area contributed by atoms with E-state index in [0.29, 0.717) is 10.9 Å². The van der Waals surface area contributed by atoms with E-state index in [1.807, 2.05) is 31.2 Å². The monoisotopic (exact) mass is 304 g/mol. The first-order chi connectivity index (χ1) is 10.0. The van der Waals surface area contributed by atoms with E-state index in [0.717, 1.165) is 11.3 Å². The molecule has 0 heterocycles. The molecule has 112 valence electrons. The van der Waals surface area contributed by atoms with Crippen LogP contribution in [0.4, 0.5) is 0 Å². The smallest absolute Gasteiger partial charge is 0.244 e. The molecule has 2 aliphatic carbocycles. The molecule has 1 amide bonds. The van der Waals surface area contributed by atoms with Crippen molar-refractivity contribution >= 4 is 23.2 Å². The zero-order valence-electron chi connectivity index (χ0n) is 12.5. The number of hydrazone groups is 1. The van der Waals surface area contributed by atoms with Crippen molar-refractivity contribution in [2.75, 3.05) is 0 Å². The number of carbonyl (C=O) groups is 1. The molecule has 3 atom stereocenters. The predicted molar refractivity (Wildman–Crippen MR) is 85.4 cm³/mol. The highest BCUT2D eigenvalue weighted by Crippen LogP contribution is 2.66. The Morgan fingerprint density at radius 3 is 2.67 bits per heavy atom. The van der Waals surface area contributed by atoms with Crippen LogP contribution in [0.2, 0.25) is 5.02 Å². The van der Waals surface area contributed by atoms with Crippen LogP contribution in [0.15, 0.2) is 29.4 Å². The van der Waals surface area contributed by atoms with Gasteiger partial charge in [-0.15, -0.1) is 0 Å². The van der Waals surface area contributed by atoms with E-state index in [1.165, 1.54) is 25.7 Å². The Morgan fingerprint density at radius 2 is 2.05 bits per heavy atom. The fraction of sp³-hybridized carbons (Fsp3) is 0.529. The maximum atomic E-state index is 12.3. The van der Waals surface area contributed by atoms with Crippen molar-refractivity contribution in [2.24, 2.45) is 22.4 Å². The van der Waals surface area contributed by atoms with Crippen molar-refractivity contribution in [2.45, 2.75) is 39.5 Å². The van der Waals surface area contributed by atoms with Gasteiger partial charge in [0.1, 0.15) is 0 Å². The summed E-state index contributed by atoms with van der Waals surface area (Å²) in [4.78, 5) is 12.3. The van der Waals surface area contributed by atoms with Crippen LogP contribution in [0.25, 0.3) is 0 Å². The lowest BCUT2D eigenvalue weighted by Crippen LogP contribution is -2.23. The normalized spacial score (nSPS) is 31.5. The van der Waals surface area contributed by atoms with Crippen molar-refractivity contribution in [1.82, 2.24) is 5.43 Å². The highest BCUT2D eigenvalue weighted by Gasteiger charge is 2.64. The molecule has 2 saturated carbocycles. The van der Waals surface area contributed by atoms with Crippen molar-refractivity contribution < 1.29 is 4.79 Å². The number of rotatable bonds is 3. The minimum Gasteiger partial charge on any atom is -0.273 e. The Morgan fingerprint density at radius 1 is 1.33 bits per heavy atom. The highest BCUT2D eigenvalue weighted by atomic mass is 35.5. The summed E-state index contributed by atoms with van der Waals surface area (Å²) in [6, 6.07) is 7.47. The Bertz CT molecular complexity index is 581. The minimum absolute atomic E-state index is 0.0812. The summed E-state index contributed by atoms with van der Waals surface area (Å²) < 4.78 is 0. The van der Waals surface area contributed by atoms with Crippen molar-refractivity contribution in [3.05, 3.63) is 34.9 Å². The van der Waals surface area contributed by atoms with Gasteiger partial charge in [-0.1, -0.05) is 43.5 Å². The van der Waals surface area contributed by atoms with Crippen LogP contribution in [0.5, 0.6) is 0 Å². The summed E-state index contributed by atoms with van der Waals surface area (Å²) in [5, 5.41) is 4.95. The quantitative estimate of drug-likeness (QED) is 0.665. The maximum Gasteiger partial charge on any atom is 0.244 e. The molecule has 2 aliphatic rings. The van der Waals surface area contributed by atoms with E-state index >= 15 is 0 Å². The number of nitrogens with one attached hydrogen (secondary N) is 1. The lowest BCUT2D eigenvalue weighted by molar-refractivity contribution is -0.123. The molecule has 0 unspecified atom stereocenters. The topological polar surface area (TPSA) is 41.5 Å². The second-order valence-electron chi connectivity index (χ2n) is 6.52. The van der Waals surface area contributed by atoms with Crippen LogP contribution in [0.1, 0.15) is 45.1 Å². The summed E-state index contributed by atoms with van der Waals surface area (Å²) in [6.07, 6.45) is 4.88. The average molecular weight is 305 g/mol. The van der Waals surface area contributed by atoms with Crippen molar-refractivity contribution in [3.8, 4) is 0 Å². The fourth-order valence-corrected chi connectivity index (χ4v) is 3.94. The molecule has 1 N–H and O–H groups in total. The number of fused-ring (bicyclic) bond motifs is 1. The first kappa shape index (κ1) is 14.6. The Balaban J connectivity index is 1.63. The zero-order valence-corrected chi connectivity index (χ0v) is 13.3. The molecule has 1 aromatic carbocycles. The van der Waals surface area contributed by atoms with Crippen molar-refractivity contribution in [1.29, 1.82) is 0 Å². The van der Waals surface area contributed by atoms with Gasteiger partial charge in [-0.2, -0.15) is 5.10 Å². The summed E-state index contributed by atoms with van der Waals surface area (Å²) in [5.74, 6) is 0.803. The van der Waals surface area contributed by atoms with Crippen LogP contribution < -0.4 is 5.43 Å². The molecular weight excluding hydrogens is 284 g/mol. The summed E-state index contributed by atoms with van der Waals surface area (Å²) in [5.41, 5.74) is 4.75. The zero-order chi connectivity index (χ0) is 15.0. The summed E-state index contributed by atoms with van der Waals surface area (Å²) in [7, 11) is 0. The molecule has 0 spiro atoms. The molecule has 1 aromatic rings. The summed E-state index contributed by atoms with van der Waals surface area (Å²) >= 11 is 5.87. The minimum atomic E-state index is 0.0812. The number of carbonyl (C=O) groups excluding carboxylic acids is 1. The third kappa shape index (κ3) is 2.71. The van der Waals surface area contributed by atoms with E-state index in [2.05, 4.69) is 17.5 Å². The molecule has 0 aromatic heterocycles. The highest BCUT2D eigenvalue weighted by molar-refractivity contribution is 6.30. The molecule has 4 heteroatoms. The van der Waals surface area contributed by atoms with Gasteiger partial charge in [0.15, 0.2) is 0 Å². The standard InChI is InChI=1S/C17H21ClN2O/c1-11(12-6-8-13(18)9-7-12)19-20-16(21)15-14-5-3-4-10-17(14,15)2/h6-9,14-15H,3-5,10H2,1-2H3,(H,20,21)/b19-11-/t14-,15+,17+/m1/s1. The van der Waals surface area contributed by atoms with Gasteiger partial charge < -0.3 is 0 Å². The molecule has 0 radical (unpaired) electrons. The van der Waals surface area contributed by atoms with Gasteiger partial charge in [-0.05, 0) is 48.8 Å². The average Bonchev–Trinajstić information content (AvgIpc) is 3.11. The molecule has 2 fully saturated rings. The van der Waals surface area contributed by atoms with Crippen LogP contribution in [0.3, 0.4) is 0 Å². The van der Waals surface area contributed by atoms with E-state index in [-0.39, 0.29) is 17.2 Å². The van der Waals surface area contributed by atoms with Gasteiger partial charge in [-0.25, -0.2) is 5.43 Å². The predicted octanol–water partition coefficient (Wildman–Crippen LogP) is 4.01. The van der Waals surface area contributed by atoms with E-state index < -0.39 is 0 Å². The molecule has 3 nitrogen and oxygen atoms in total. The van der Waals surface area contributed by atoms with E-state index in [1.54, 1.807) is 0 Å². The lowest BCUT2D eigenvalue weighted by Gasteiger charge is -2.15. The number of hydrogen-bond acceptors (Lipinski definition) is 2. The third-order valence-corrected chi connectivity index (χ3v) is 5.46. The molecule has 0 aliphatic heterocycles. The largest absolute Gasteiger partial charge is 0.273 e. The first-order valence-corrected chi connectivity index (χ1v) is 8.00. The lowest BCUT2D eigenvalue weighted by atomic mass is 9.90. The fourth-order valence-electron chi connectivity index (χ4n) is 3.81. The molecular formula is C17H21ClN2O. The van der Waals surface area contributed by atoms with E-state index in [4.69, 9.17) is 11.6 Å².